The van der Waals surface area contributed by atoms with Crippen LogP contribution in [-0.4, -0.2) is 36.1 Å². The van der Waals surface area contributed by atoms with Gasteiger partial charge in [-0.2, -0.15) is 0 Å². The number of anilines is 2. The zero-order chi connectivity index (χ0) is 20.6. The molecule has 3 rings (SSSR count). The Morgan fingerprint density at radius 3 is 2.28 bits per heavy atom. The van der Waals surface area contributed by atoms with Gasteiger partial charge in [-0.1, -0.05) is 18.2 Å². The molecule has 2 aromatic carbocycles. The molecule has 0 bridgehead atoms. The van der Waals surface area contributed by atoms with Crippen molar-refractivity contribution in [1.82, 2.24) is 15.3 Å². The van der Waals surface area contributed by atoms with Gasteiger partial charge in [0.1, 0.15) is 5.75 Å². The predicted molar refractivity (Wildman–Crippen MR) is 107 cm³/mol. The fraction of sp³-hybridized carbons (Fsp3) is 0.143. The summed E-state index contributed by atoms with van der Waals surface area (Å²) in [4.78, 5) is 32.1. The number of carbonyl (C=O) groups is 2. The quantitative estimate of drug-likeness (QED) is 0.596. The van der Waals surface area contributed by atoms with Crippen molar-refractivity contribution in [2.75, 3.05) is 19.5 Å². The van der Waals surface area contributed by atoms with Gasteiger partial charge in [0, 0.05) is 30.2 Å². The highest BCUT2D eigenvalue weighted by atomic mass is 16.5. The Morgan fingerprint density at radius 1 is 0.931 bits per heavy atom. The Labute approximate surface area is 167 Å². The third-order valence-corrected chi connectivity index (χ3v) is 4.11. The van der Waals surface area contributed by atoms with E-state index >= 15 is 0 Å². The second kappa shape index (κ2) is 9.32. The predicted octanol–water partition coefficient (Wildman–Crippen LogP) is 2.95. The van der Waals surface area contributed by atoms with Crippen LogP contribution in [0.2, 0.25) is 0 Å². The molecule has 1 amide bonds. The standard InChI is InChI=1S/C21H20N4O4/c1-28-18-6-4-3-5-15(18)11-22-19(26)16-12-23-21(24-13-16)25-17-9-7-14(8-10-17)20(27)29-2/h3-10,12-13H,11H2,1-2H3,(H,22,26)(H,23,24,25). The van der Waals surface area contributed by atoms with E-state index in [1.54, 1.807) is 31.4 Å². The lowest BCUT2D eigenvalue weighted by Gasteiger charge is -2.10. The summed E-state index contributed by atoms with van der Waals surface area (Å²) in [7, 11) is 2.92. The van der Waals surface area contributed by atoms with E-state index < -0.39 is 5.97 Å². The molecule has 3 aromatic rings. The van der Waals surface area contributed by atoms with Gasteiger partial charge in [0.2, 0.25) is 5.95 Å². The van der Waals surface area contributed by atoms with Crippen LogP contribution in [0.3, 0.4) is 0 Å². The van der Waals surface area contributed by atoms with Gasteiger partial charge in [-0.3, -0.25) is 4.79 Å². The van der Waals surface area contributed by atoms with Crippen LogP contribution in [0.15, 0.2) is 60.9 Å². The molecule has 0 fully saturated rings. The molecule has 8 heteroatoms. The highest BCUT2D eigenvalue weighted by Gasteiger charge is 2.09. The lowest BCUT2D eigenvalue weighted by molar-refractivity contribution is 0.0600. The Hall–Kier alpha value is -3.94. The number of hydrogen-bond acceptors (Lipinski definition) is 7. The van der Waals surface area contributed by atoms with Gasteiger partial charge in [0.05, 0.1) is 25.3 Å². The highest BCUT2D eigenvalue weighted by molar-refractivity contribution is 5.93. The van der Waals surface area contributed by atoms with Crippen LogP contribution in [0.1, 0.15) is 26.3 Å². The zero-order valence-electron chi connectivity index (χ0n) is 16.0. The Morgan fingerprint density at radius 2 is 1.62 bits per heavy atom. The minimum atomic E-state index is -0.406. The van der Waals surface area contributed by atoms with Crippen LogP contribution < -0.4 is 15.4 Å². The maximum Gasteiger partial charge on any atom is 0.337 e. The van der Waals surface area contributed by atoms with Crippen molar-refractivity contribution >= 4 is 23.5 Å². The number of ether oxygens (including phenoxy) is 2. The Bertz CT molecular complexity index is 988. The molecule has 0 unspecified atom stereocenters. The van der Waals surface area contributed by atoms with E-state index in [0.29, 0.717) is 35.1 Å². The van der Waals surface area contributed by atoms with Gasteiger partial charge in [0.25, 0.3) is 5.91 Å². The molecule has 0 aliphatic rings. The summed E-state index contributed by atoms with van der Waals surface area (Å²) >= 11 is 0. The van der Waals surface area contributed by atoms with Gasteiger partial charge >= 0.3 is 5.97 Å². The normalized spacial score (nSPS) is 10.1. The first-order valence-corrected chi connectivity index (χ1v) is 8.78. The topological polar surface area (TPSA) is 102 Å². The van der Waals surface area contributed by atoms with Crippen LogP contribution in [0.25, 0.3) is 0 Å². The second-order valence-electron chi connectivity index (χ2n) is 5.98. The molecule has 0 aliphatic heterocycles. The van der Waals surface area contributed by atoms with Crippen molar-refractivity contribution in [2.24, 2.45) is 0 Å². The van der Waals surface area contributed by atoms with Gasteiger partial charge < -0.3 is 20.1 Å². The SMILES string of the molecule is COC(=O)c1ccc(Nc2ncc(C(=O)NCc3ccccc3OC)cn2)cc1. The van der Waals surface area contributed by atoms with Gasteiger partial charge in [-0.25, -0.2) is 14.8 Å². The number of methoxy groups -OCH3 is 2. The zero-order valence-corrected chi connectivity index (χ0v) is 16.0. The molecule has 0 saturated heterocycles. The van der Waals surface area contributed by atoms with Crippen molar-refractivity contribution in [3.63, 3.8) is 0 Å². The van der Waals surface area contributed by atoms with Gasteiger partial charge in [0.15, 0.2) is 0 Å². The van der Waals surface area contributed by atoms with Crippen molar-refractivity contribution in [3.8, 4) is 5.75 Å². The summed E-state index contributed by atoms with van der Waals surface area (Å²) in [5, 5.41) is 5.82. The number of nitrogens with one attached hydrogen (secondary N) is 2. The van der Waals surface area contributed by atoms with E-state index in [1.807, 2.05) is 24.3 Å². The average Bonchev–Trinajstić information content (AvgIpc) is 2.78. The van der Waals surface area contributed by atoms with E-state index in [9.17, 15) is 9.59 Å². The van der Waals surface area contributed by atoms with E-state index in [2.05, 4.69) is 25.3 Å². The maximum absolute atomic E-state index is 12.3. The van der Waals surface area contributed by atoms with Crippen LogP contribution in [0.4, 0.5) is 11.6 Å². The smallest absolute Gasteiger partial charge is 0.337 e. The first-order chi connectivity index (χ1) is 14.1. The number of nitrogens with zero attached hydrogens (tertiary/aromatic N) is 2. The highest BCUT2D eigenvalue weighted by Crippen LogP contribution is 2.17. The first kappa shape index (κ1) is 19.8. The molecule has 148 valence electrons. The number of benzene rings is 2. The third kappa shape index (κ3) is 5.07. The number of carbonyl (C=O) groups excluding carboxylic acids is 2. The van der Waals surface area contributed by atoms with Crippen molar-refractivity contribution < 1.29 is 19.1 Å². The summed E-state index contributed by atoms with van der Waals surface area (Å²) in [6, 6.07) is 14.2. The summed E-state index contributed by atoms with van der Waals surface area (Å²) in [6.45, 7) is 0.329. The molecule has 29 heavy (non-hydrogen) atoms. The molecule has 8 nitrogen and oxygen atoms in total. The molecule has 0 spiro atoms. The van der Waals surface area contributed by atoms with Gasteiger partial charge in [-0.05, 0) is 30.3 Å². The third-order valence-electron chi connectivity index (χ3n) is 4.11. The number of para-hydroxylation sites is 1. The van der Waals surface area contributed by atoms with Crippen LogP contribution in [0.5, 0.6) is 5.75 Å². The molecule has 1 aromatic heterocycles. The number of esters is 1. The number of amides is 1. The molecule has 0 aliphatic carbocycles. The molecular formula is C21H20N4O4. The summed E-state index contributed by atoms with van der Waals surface area (Å²) < 4.78 is 9.93. The van der Waals surface area contributed by atoms with Crippen molar-refractivity contribution in [1.29, 1.82) is 0 Å². The molecule has 0 saturated carbocycles. The summed E-state index contributed by atoms with van der Waals surface area (Å²) in [6.07, 6.45) is 2.88. The largest absolute Gasteiger partial charge is 0.496 e. The minimum absolute atomic E-state index is 0.287. The van der Waals surface area contributed by atoms with E-state index in [-0.39, 0.29) is 5.91 Å². The number of hydrogen-bond donors (Lipinski definition) is 2. The fourth-order valence-corrected chi connectivity index (χ4v) is 2.57. The Kier molecular flexibility index (Phi) is 6.36. The monoisotopic (exact) mass is 392 g/mol. The lowest BCUT2D eigenvalue weighted by Crippen LogP contribution is -2.23. The van der Waals surface area contributed by atoms with E-state index in [1.165, 1.54) is 19.5 Å². The number of aromatic nitrogens is 2. The summed E-state index contributed by atoms with van der Waals surface area (Å²) in [5.41, 5.74) is 2.36. The van der Waals surface area contributed by atoms with Crippen LogP contribution in [-0.2, 0) is 11.3 Å². The number of rotatable bonds is 7. The average molecular weight is 392 g/mol. The lowest BCUT2D eigenvalue weighted by atomic mass is 10.2. The van der Waals surface area contributed by atoms with Crippen LogP contribution >= 0.6 is 0 Å². The molecule has 1 heterocycles. The summed E-state index contributed by atoms with van der Waals surface area (Å²) in [5.74, 6) is 0.347. The second-order valence-corrected chi connectivity index (χ2v) is 5.98. The van der Waals surface area contributed by atoms with Crippen LogP contribution in [0, 0.1) is 0 Å². The first-order valence-electron chi connectivity index (χ1n) is 8.78. The van der Waals surface area contributed by atoms with Crippen molar-refractivity contribution in [2.45, 2.75) is 6.54 Å². The van der Waals surface area contributed by atoms with E-state index in [0.717, 1.165) is 5.56 Å². The molecule has 2 N–H and O–H groups in total. The fourth-order valence-electron chi connectivity index (χ4n) is 2.57. The molecule has 0 radical (unpaired) electrons. The maximum atomic E-state index is 12.3. The van der Waals surface area contributed by atoms with Crippen molar-refractivity contribution in [3.05, 3.63) is 77.6 Å². The molecule has 0 atom stereocenters. The minimum Gasteiger partial charge on any atom is -0.496 e. The van der Waals surface area contributed by atoms with Gasteiger partial charge in [-0.15, -0.1) is 0 Å². The Balaban J connectivity index is 1.59. The molecular weight excluding hydrogens is 372 g/mol. The van der Waals surface area contributed by atoms with E-state index in [4.69, 9.17) is 4.74 Å².